The number of rotatable bonds is 5. The van der Waals surface area contributed by atoms with Gasteiger partial charge in [0.25, 0.3) is 0 Å². The van der Waals surface area contributed by atoms with Crippen LogP contribution in [0.2, 0.25) is 0 Å². The van der Waals surface area contributed by atoms with Crippen LogP contribution >= 0.6 is 12.4 Å². The molecule has 110 valence electrons. The van der Waals surface area contributed by atoms with Crippen LogP contribution in [0, 0.1) is 5.92 Å². The summed E-state index contributed by atoms with van der Waals surface area (Å²) in [7, 11) is 0. The summed E-state index contributed by atoms with van der Waals surface area (Å²) in [6.45, 7) is 1.40. The van der Waals surface area contributed by atoms with E-state index >= 15 is 0 Å². The third kappa shape index (κ3) is 4.99. The van der Waals surface area contributed by atoms with Gasteiger partial charge in [-0.2, -0.15) is 0 Å². The van der Waals surface area contributed by atoms with Crippen molar-refractivity contribution < 1.29 is 9.59 Å². The van der Waals surface area contributed by atoms with E-state index in [4.69, 9.17) is 5.73 Å². The molecule has 0 radical (unpaired) electrons. The number of likely N-dealkylation sites (tertiary alicyclic amines) is 1. The Morgan fingerprint density at radius 1 is 1.37 bits per heavy atom. The molecule has 3 N–H and O–H groups in total. The molecule has 1 unspecified atom stereocenters. The molecule has 5 nitrogen and oxygen atoms in total. The third-order valence-electron chi connectivity index (χ3n) is 3.80. The molecule has 0 bridgehead atoms. The minimum atomic E-state index is -0.0624. The van der Waals surface area contributed by atoms with Gasteiger partial charge in [0.2, 0.25) is 11.8 Å². The fourth-order valence-electron chi connectivity index (χ4n) is 2.50. The predicted octanol–water partition coefficient (Wildman–Crippen LogP) is 0.664. The van der Waals surface area contributed by atoms with Crippen molar-refractivity contribution in [3.05, 3.63) is 0 Å². The van der Waals surface area contributed by atoms with E-state index in [2.05, 4.69) is 5.32 Å². The molecular formula is C13H24ClN3O2. The summed E-state index contributed by atoms with van der Waals surface area (Å²) in [6, 6.07) is 0.0968. The van der Waals surface area contributed by atoms with E-state index in [1.807, 2.05) is 0 Å². The first kappa shape index (κ1) is 16.2. The number of nitrogens with zero attached hydrogens (tertiary/aromatic N) is 1. The van der Waals surface area contributed by atoms with Crippen molar-refractivity contribution >= 4 is 24.2 Å². The second kappa shape index (κ2) is 7.70. The standard InChI is InChI=1S/C13H23N3O2.ClH/c14-8-11(10-5-6-10)15-12(17)9-16-7-3-1-2-4-13(16)18;/h10-11H,1-9,14H2,(H,15,17);1H. The number of carbonyl (C=O) groups is 2. The van der Waals surface area contributed by atoms with Crippen molar-refractivity contribution in [2.45, 2.75) is 44.6 Å². The zero-order chi connectivity index (χ0) is 13.0. The number of nitrogens with one attached hydrogen (secondary N) is 1. The fourth-order valence-corrected chi connectivity index (χ4v) is 2.50. The number of hydrogen-bond acceptors (Lipinski definition) is 3. The molecule has 0 aromatic heterocycles. The smallest absolute Gasteiger partial charge is 0.239 e. The van der Waals surface area contributed by atoms with E-state index in [0.29, 0.717) is 25.4 Å². The second-order valence-corrected chi connectivity index (χ2v) is 5.37. The zero-order valence-electron chi connectivity index (χ0n) is 11.3. The van der Waals surface area contributed by atoms with Crippen LogP contribution in [0.4, 0.5) is 0 Å². The molecule has 1 heterocycles. The summed E-state index contributed by atoms with van der Waals surface area (Å²) in [5.41, 5.74) is 5.65. The van der Waals surface area contributed by atoms with Gasteiger partial charge in [-0.25, -0.2) is 0 Å². The van der Waals surface area contributed by atoms with Gasteiger partial charge in [0.05, 0.1) is 6.54 Å². The second-order valence-electron chi connectivity index (χ2n) is 5.37. The Morgan fingerprint density at radius 2 is 2.11 bits per heavy atom. The molecule has 1 atom stereocenters. The van der Waals surface area contributed by atoms with Gasteiger partial charge < -0.3 is 16.0 Å². The number of hydrogen-bond donors (Lipinski definition) is 2. The van der Waals surface area contributed by atoms with E-state index in [-0.39, 0.29) is 36.8 Å². The van der Waals surface area contributed by atoms with Gasteiger partial charge in [0.1, 0.15) is 0 Å². The van der Waals surface area contributed by atoms with Crippen LogP contribution in [0.5, 0.6) is 0 Å². The van der Waals surface area contributed by atoms with Gasteiger partial charge in [0.15, 0.2) is 0 Å². The van der Waals surface area contributed by atoms with Crippen molar-refractivity contribution in [2.24, 2.45) is 11.7 Å². The molecular weight excluding hydrogens is 266 g/mol. The Hall–Kier alpha value is -0.810. The number of halogens is 1. The maximum Gasteiger partial charge on any atom is 0.239 e. The lowest BCUT2D eigenvalue weighted by Crippen LogP contribution is -2.47. The fraction of sp³-hybridized carbons (Fsp3) is 0.846. The molecule has 2 aliphatic rings. The molecule has 6 heteroatoms. The first-order chi connectivity index (χ1) is 8.70. The monoisotopic (exact) mass is 289 g/mol. The van der Waals surface area contributed by atoms with Gasteiger partial charge in [-0.1, -0.05) is 6.42 Å². The molecule has 2 rings (SSSR count). The lowest BCUT2D eigenvalue weighted by molar-refractivity contribution is -0.135. The van der Waals surface area contributed by atoms with Crippen LogP contribution < -0.4 is 11.1 Å². The van der Waals surface area contributed by atoms with Crippen molar-refractivity contribution in [1.82, 2.24) is 10.2 Å². The first-order valence-corrected chi connectivity index (χ1v) is 6.98. The quantitative estimate of drug-likeness (QED) is 0.781. The minimum Gasteiger partial charge on any atom is -0.350 e. The van der Waals surface area contributed by atoms with Gasteiger partial charge in [0, 0.05) is 25.6 Å². The van der Waals surface area contributed by atoms with Crippen LogP contribution in [-0.4, -0.2) is 42.4 Å². The Balaban J connectivity index is 0.00000180. The molecule has 19 heavy (non-hydrogen) atoms. The SMILES string of the molecule is Cl.NCC(NC(=O)CN1CCCCCC1=O)C1CC1. The first-order valence-electron chi connectivity index (χ1n) is 6.98. The molecule has 1 aliphatic carbocycles. The van der Waals surface area contributed by atoms with Crippen molar-refractivity contribution in [3.8, 4) is 0 Å². The summed E-state index contributed by atoms with van der Waals surface area (Å²) in [6.07, 6.45) is 5.93. The normalized spacial score (nSPS) is 21.3. The molecule has 1 saturated carbocycles. The molecule has 0 spiro atoms. The molecule has 2 fully saturated rings. The van der Waals surface area contributed by atoms with E-state index in [1.165, 1.54) is 0 Å². The van der Waals surface area contributed by atoms with Crippen molar-refractivity contribution in [2.75, 3.05) is 19.6 Å². The topological polar surface area (TPSA) is 75.4 Å². The average molecular weight is 290 g/mol. The van der Waals surface area contributed by atoms with Crippen molar-refractivity contribution in [1.29, 1.82) is 0 Å². The lowest BCUT2D eigenvalue weighted by atomic mass is 10.2. The summed E-state index contributed by atoms with van der Waals surface area (Å²) >= 11 is 0. The molecule has 1 aliphatic heterocycles. The maximum absolute atomic E-state index is 11.9. The van der Waals surface area contributed by atoms with Crippen LogP contribution in [0.3, 0.4) is 0 Å². The zero-order valence-corrected chi connectivity index (χ0v) is 12.1. The van der Waals surface area contributed by atoms with E-state index < -0.39 is 0 Å². The number of amides is 2. The van der Waals surface area contributed by atoms with Crippen LogP contribution in [-0.2, 0) is 9.59 Å². The summed E-state index contributed by atoms with van der Waals surface area (Å²) in [4.78, 5) is 25.4. The van der Waals surface area contributed by atoms with E-state index in [9.17, 15) is 9.59 Å². The third-order valence-corrected chi connectivity index (χ3v) is 3.80. The minimum absolute atomic E-state index is 0. The lowest BCUT2D eigenvalue weighted by Gasteiger charge is -2.22. The maximum atomic E-state index is 11.9. The van der Waals surface area contributed by atoms with Crippen LogP contribution in [0.15, 0.2) is 0 Å². The van der Waals surface area contributed by atoms with E-state index in [0.717, 1.165) is 32.1 Å². The van der Waals surface area contributed by atoms with Gasteiger partial charge in [-0.05, 0) is 31.6 Å². The van der Waals surface area contributed by atoms with E-state index in [1.54, 1.807) is 4.90 Å². The number of nitrogens with two attached hydrogens (primary N) is 1. The predicted molar refractivity (Wildman–Crippen MR) is 76.0 cm³/mol. The Labute approximate surface area is 120 Å². The largest absolute Gasteiger partial charge is 0.350 e. The van der Waals surface area contributed by atoms with Crippen LogP contribution in [0.25, 0.3) is 0 Å². The highest BCUT2D eigenvalue weighted by atomic mass is 35.5. The number of carbonyl (C=O) groups excluding carboxylic acids is 2. The highest BCUT2D eigenvalue weighted by molar-refractivity contribution is 5.85. The molecule has 1 saturated heterocycles. The van der Waals surface area contributed by atoms with Crippen molar-refractivity contribution in [3.63, 3.8) is 0 Å². The summed E-state index contributed by atoms with van der Waals surface area (Å²) in [5.74, 6) is 0.602. The highest BCUT2D eigenvalue weighted by Gasteiger charge is 2.31. The average Bonchev–Trinajstić information content (AvgIpc) is 3.17. The van der Waals surface area contributed by atoms with Gasteiger partial charge >= 0.3 is 0 Å². The summed E-state index contributed by atoms with van der Waals surface area (Å²) < 4.78 is 0. The van der Waals surface area contributed by atoms with Crippen LogP contribution in [0.1, 0.15) is 38.5 Å². The molecule has 2 amide bonds. The molecule has 0 aromatic carbocycles. The Kier molecular flexibility index (Phi) is 6.58. The molecule has 0 aromatic rings. The van der Waals surface area contributed by atoms with Gasteiger partial charge in [-0.15, -0.1) is 12.4 Å². The highest BCUT2D eigenvalue weighted by Crippen LogP contribution is 2.32. The Morgan fingerprint density at radius 3 is 2.74 bits per heavy atom. The van der Waals surface area contributed by atoms with Gasteiger partial charge in [-0.3, -0.25) is 9.59 Å². The summed E-state index contributed by atoms with van der Waals surface area (Å²) in [5, 5.41) is 2.96. The Bertz CT molecular complexity index is 321.